The lowest BCUT2D eigenvalue weighted by Crippen LogP contribution is -2.22. The zero-order valence-corrected chi connectivity index (χ0v) is 20.5. The van der Waals surface area contributed by atoms with E-state index in [0.717, 1.165) is 23.9 Å². The summed E-state index contributed by atoms with van der Waals surface area (Å²) in [4.78, 5) is 24.2. The Labute approximate surface area is 211 Å². The summed E-state index contributed by atoms with van der Waals surface area (Å²) < 4.78 is 48.3. The number of para-hydroxylation sites is 1. The van der Waals surface area contributed by atoms with E-state index in [2.05, 4.69) is 5.32 Å². The van der Waals surface area contributed by atoms with Gasteiger partial charge in [-0.2, -0.15) is 13.2 Å². The van der Waals surface area contributed by atoms with Crippen LogP contribution in [0.3, 0.4) is 0 Å². The number of halogens is 4. The van der Waals surface area contributed by atoms with E-state index in [4.69, 9.17) is 21.4 Å². The van der Waals surface area contributed by atoms with E-state index in [-0.39, 0.29) is 23.9 Å². The third kappa shape index (κ3) is 6.60. The van der Waals surface area contributed by atoms with Crippen molar-refractivity contribution in [2.45, 2.75) is 45.3 Å². The number of hydrogen-bond acceptors (Lipinski definition) is 3. The number of carbonyl (C=O) groups is 2. The summed E-state index contributed by atoms with van der Waals surface area (Å²) in [6, 6.07) is 13.1. The van der Waals surface area contributed by atoms with Crippen LogP contribution < -0.4 is 10.1 Å². The van der Waals surface area contributed by atoms with Crippen LogP contribution >= 0.6 is 11.6 Å². The summed E-state index contributed by atoms with van der Waals surface area (Å²) in [6.45, 7) is 4.12. The second kappa shape index (κ2) is 11.5. The third-order valence-corrected chi connectivity index (χ3v) is 6.02. The lowest BCUT2D eigenvalue weighted by atomic mass is 10.1. The van der Waals surface area contributed by atoms with Gasteiger partial charge in [-0.25, -0.2) is 0 Å². The number of alkyl halides is 3. The molecule has 0 radical (unpaired) electrons. The second-order valence-electron chi connectivity index (χ2n) is 8.27. The van der Waals surface area contributed by atoms with E-state index in [1.54, 1.807) is 41.0 Å². The molecule has 3 rings (SSSR count). The van der Waals surface area contributed by atoms with Crippen molar-refractivity contribution in [1.82, 2.24) is 4.57 Å². The lowest BCUT2D eigenvalue weighted by molar-refractivity contribution is -0.137. The molecule has 1 atom stereocenters. The van der Waals surface area contributed by atoms with Gasteiger partial charge in [0.1, 0.15) is 11.4 Å². The number of hydrogen-bond donors (Lipinski definition) is 2. The highest BCUT2D eigenvalue weighted by atomic mass is 35.5. The van der Waals surface area contributed by atoms with Crippen molar-refractivity contribution in [1.29, 1.82) is 0 Å². The molecule has 0 saturated heterocycles. The highest BCUT2D eigenvalue weighted by Gasteiger charge is 2.34. The summed E-state index contributed by atoms with van der Waals surface area (Å²) >= 11 is 6.12. The van der Waals surface area contributed by atoms with Crippen molar-refractivity contribution < 1.29 is 32.6 Å². The van der Waals surface area contributed by atoms with Crippen molar-refractivity contribution in [3.63, 3.8) is 0 Å². The Hall–Kier alpha value is -3.46. The number of benzene rings is 2. The van der Waals surface area contributed by atoms with Crippen molar-refractivity contribution in [2.75, 3.05) is 11.9 Å². The number of carboxylic acids is 1. The zero-order valence-electron chi connectivity index (χ0n) is 19.7. The molecule has 0 bridgehead atoms. The number of aromatic nitrogens is 1. The molecule has 1 heterocycles. The number of carboxylic acid groups (broad SMARTS) is 1. The first kappa shape index (κ1) is 27.1. The van der Waals surface area contributed by atoms with Gasteiger partial charge in [0, 0.05) is 18.2 Å². The normalized spacial score (nSPS) is 12.3. The quantitative estimate of drug-likeness (QED) is 0.313. The van der Waals surface area contributed by atoms with Gasteiger partial charge in [-0.15, -0.1) is 0 Å². The number of nitrogens with zero attached hydrogens (tertiary/aromatic N) is 1. The van der Waals surface area contributed by atoms with Crippen LogP contribution in [0.25, 0.3) is 0 Å². The molecule has 3 aromatic rings. The molecule has 2 N–H and O–H groups in total. The molecule has 0 aliphatic heterocycles. The van der Waals surface area contributed by atoms with Crippen molar-refractivity contribution in [3.05, 3.63) is 82.1 Å². The third-order valence-electron chi connectivity index (χ3n) is 5.71. The van der Waals surface area contributed by atoms with Gasteiger partial charge < -0.3 is 19.7 Å². The van der Waals surface area contributed by atoms with Gasteiger partial charge in [0.2, 0.25) is 0 Å². The lowest BCUT2D eigenvalue weighted by Gasteiger charge is -2.20. The summed E-state index contributed by atoms with van der Waals surface area (Å²) in [5.74, 6) is -1.40. The molecular weight excluding hydrogens is 497 g/mol. The molecule has 0 spiro atoms. The molecule has 2 aromatic carbocycles. The molecule has 36 heavy (non-hydrogen) atoms. The zero-order chi connectivity index (χ0) is 26.5. The van der Waals surface area contributed by atoms with Crippen LogP contribution in [0.15, 0.2) is 54.6 Å². The standard InChI is InChI=1S/C26H26ClF3N2O4/c1-3-16(2)32-18(12-13-36-23-7-5-4-6-20(23)27)9-11-22(32)25(35)31-21-14-17(15-24(33)34)8-10-19(21)26(28,29)30/h4-11,14,16H,3,12-13,15H2,1-2H3,(H,31,35)(H,33,34)/t16-/m0/s1. The van der Waals surface area contributed by atoms with Crippen molar-refractivity contribution in [3.8, 4) is 5.75 Å². The predicted molar refractivity (Wildman–Crippen MR) is 131 cm³/mol. The summed E-state index contributed by atoms with van der Waals surface area (Å²) in [5.41, 5.74) is -0.446. The first-order valence-corrected chi connectivity index (χ1v) is 11.7. The highest BCUT2D eigenvalue weighted by molar-refractivity contribution is 6.32. The molecule has 6 nitrogen and oxygen atoms in total. The second-order valence-corrected chi connectivity index (χ2v) is 8.68. The van der Waals surface area contributed by atoms with E-state index in [0.29, 0.717) is 23.6 Å². The first-order valence-electron chi connectivity index (χ1n) is 11.3. The van der Waals surface area contributed by atoms with Crippen LogP contribution in [0.2, 0.25) is 5.02 Å². The Kier molecular flexibility index (Phi) is 8.68. The fraction of sp³-hybridized carbons (Fsp3) is 0.308. The fourth-order valence-electron chi connectivity index (χ4n) is 3.82. The number of ether oxygens (including phenoxy) is 1. The predicted octanol–water partition coefficient (Wildman–Crippen LogP) is 6.63. The van der Waals surface area contributed by atoms with E-state index in [9.17, 15) is 22.8 Å². The van der Waals surface area contributed by atoms with Crippen LogP contribution in [-0.4, -0.2) is 28.2 Å². The Balaban J connectivity index is 1.87. The summed E-state index contributed by atoms with van der Waals surface area (Å²) in [6.07, 6.45) is -4.09. The topological polar surface area (TPSA) is 80.6 Å². The monoisotopic (exact) mass is 522 g/mol. The molecule has 192 valence electrons. The first-order chi connectivity index (χ1) is 17.0. The van der Waals surface area contributed by atoms with Gasteiger partial charge in [0.15, 0.2) is 0 Å². The minimum absolute atomic E-state index is 0.114. The van der Waals surface area contributed by atoms with Crippen molar-refractivity contribution in [2.24, 2.45) is 0 Å². The smallest absolute Gasteiger partial charge is 0.418 e. The van der Waals surface area contributed by atoms with E-state index in [1.807, 2.05) is 13.8 Å². The summed E-state index contributed by atoms with van der Waals surface area (Å²) in [5, 5.41) is 11.8. The average molecular weight is 523 g/mol. The molecule has 1 aromatic heterocycles. The molecule has 0 fully saturated rings. The number of anilines is 1. The van der Waals surface area contributed by atoms with Gasteiger partial charge in [-0.05, 0) is 55.3 Å². The summed E-state index contributed by atoms with van der Waals surface area (Å²) in [7, 11) is 0. The fourth-order valence-corrected chi connectivity index (χ4v) is 4.01. The number of carbonyl (C=O) groups excluding carboxylic acids is 1. The van der Waals surface area contributed by atoms with Crippen LogP contribution in [0, 0.1) is 0 Å². The van der Waals surface area contributed by atoms with Crippen LogP contribution in [-0.2, 0) is 23.8 Å². The van der Waals surface area contributed by atoms with Crippen molar-refractivity contribution >= 4 is 29.2 Å². The Morgan fingerprint density at radius 2 is 1.86 bits per heavy atom. The highest BCUT2D eigenvalue weighted by Crippen LogP contribution is 2.36. The van der Waals surface area contributed by atoms with E-state index in [1.165, 1.54) is 0 Å². The Morgan fingerprint density at radius 1 is 1.14 bits per heavy atom. The molecule has 0 unspecified atom stereocenters. The number of nitrogens with one attached hydrogen (secondary N) is 1. The minimum atomic E-state index is -4.73. The van der Waals surface area contributed by atoms with E-state index < -0.39 is 35.7 Å². The number of amides is 1. The van der Waals surface area contributed by atoms with Gasteiger partial charge in [0.05, 0.1) is 29.3 Å². The number of aliphatic carboxylic acids is 1. The molecule has 0 aliphatic carbocycles. The minimum Gasteiger partial charge on any atom is -0.492 e. The van der Waals surface area contributed by atoms with Crippen LogP contribution in [0.4, 0.5) is 18.9 Å². The Morgan fingerprint density at radius 3 is 2.50 bits per heavy atom. The Bertz CT molecular complexity index is 1240. The van der Waals surface area contributed by atoms with E-state index >= 15 is 0 Å². The van der Waals surface area contributed by atoms with Crippen LogP contribution in [0.1, 0.15) is 53.6 Å². The largest absolute Gasteiger partial charge is 0.492 e. The van der Waals surface area contributed by atoms with Crippen LogP contribution in [0.5, 0.6) is 5.75 Å². The van der Waals surface area contributed by atoms with Gasteiger partial charge in [0.25, 0.3) is 5.91 Å². The maximum atomic E-state index is 13.6. The van der Waals surface area contributed by atoms with Gasteiger partial charge >= 0.3 is 12.1 Å². The number of rotatable bonds is 10. The molecule has 10 heteroatoms. The average Bonchev–Trinajstić information content (AvgIpc) is 3.23. The van der Waals surface area contributed by atoms with Gasteiger partial charge in [-0.3, -0.25) is 9.59 Å². The molecule has 1 amide bonds. The maximum absolute atomic E-state index is 13.6. The van der Waals surface area contributed by atoms with Gasteiger partial charge in [-0.1, -0.05) is 36.7 Å². The maximum Gasteiger partial charge on any atom is 0.418 e. The molecular formula is C26H26ClF3N2O4. The molecule has 0 aliphatic rings. The molecule has 0 saturated carbocycles. The SMILES string of the molecule is CC[C@H](C)n1c(CCOc2ccccc2Cl)ccc1C(=O)Nc1cc(CC(=O)O)ccc1C(F)(F)F.